The Balaban J connectivity index is 1.43. The van der Waals surface area contributed by atoms with E-state index >= 15 is 0 Å². The number of carbonyl (C=O) groups excluding carboxylic acids is 2. The predicted molar refractivity (Wildman–Crippen MR) is 175 cm³/mol. The Morgan fingerprint density at radius 1 is 1.18 bits per heavy atom. The van der Waals surface area contributed by atoms with Crippen molar-refractivity contribution in [1.29, 1.82) is 0 Å². The van der Waals surface area contributed by atoms with Gasteiger partial charge in [-0.25, -0.2) is 10.2 Å². The molecular formula is C30H27BrClN5O7S. The molecule has 0 aromatic heterocycles. The van der Waals surface area contributed by atoms with Crippen LogP contribution in [0.25, 0.3) is 0 Å². The molecule has 1 atom stereocenters. The van der Waals surface area contributed by atoms with E-state index in [-0.39, 0.29) is 25.5 Å². The number of nitrogens with zero attached hydrogens (tertiary/aromatic N) is 2. The average Bonchev–Trinajstić information content (AvgIpc) is 2.99. The fourth-order valence-corrected chi connectivity index (χ4v) is 5.52. The minimum atomic E-state index is -0.666. The maximum atomic E-state index is 12.8. The fraction of sp³-hybridized carbons (Fsp3) is 0.200. The first kappa shape index (κ1) is 33.4. The monoisotopic (exact) mass is 715 g/mol. The molecule has 1 amide bonds. The number of para-hydroxylation sites is 1. The highest BCUT2D eigenvalue weighted by Crippen LogP contribution is 2.34. The third-order valence-electron chi connectivity index (χ3n) is 6.31. The Morgan fingerprint density at radius 2 is 1.91 bits per heavy atom. The second-order valence-electron chi connectivity index (χ2n) is 9.43. The lowest BCUT2D eigenvalue weighted by Crippen LogP contribution is -2.45. The summed E-state index contributed by atoms with van der Waals surface area (Å²) in [5, 5.41) is 21.7. The van der Waals surface area contributed by atoms with Crippen molar-refractivity contribution in [2.45, 2.75) is 26.5 Å². The normalized spacial score (nSPS) is 14.4. The van der Waals surface area contributed by atoms with Gasteiger partial charge in [-0.2, -0.15) is 5.10 Å². The van der Waals surface area contributed by atoms with Crippen LogP contribution in [0.3, 0.4) is 0 Å². The molecule has 0 bridgehead atoms. The van der Waals surface area contributed by atoms with Gasteiger partial charge < -0.3 is 24.8 Å². The second kappa shape index (κ2) is 15.5. The van der Waals surface area contributed by atoms with Gasteiger partial charge in [0.15, 0.2) is 11.7 Å². The highest BCUT2D eigenvalue weighted by molar-refractivity contribution is 9.10. The first-order valence-corrected chi connectivity index (χ1v) is 15.0. The number of amides is 1. The van der Waals surface area contributed by atoms with E-state index < -0.39 is 22.8 Å². The van der Waals surface area contributed by atoms with Crippen molar-refractivity contribution in [3.05, 3.63) is 108 Å². The number of nitrogens with one attached hydrogen (secondary N) is 3. The zero-order valence-electron chi connectivity index (χ0n) is 24.0. The van der Waals surface area contributed by atoms with Crippen LogP contribution in [0.2, 0.25) is 5.02 Å². The third kappa shape index (κ3) is 8.77. The van der Waals surface area contributed by atoms with Crippen molar-refractivity contribution in [2.24, 2.45) is 5.10 Å². The maximum absolute atomic E-state index is 12.8. The Hall–Kier alpha value is -4.53. The summed E-state index contributed by atoms with van der Waals surface area (Å²) in [6.45, 7) is 3.37. The minimum Gasteiger partial charge on any atom is -0.487 e. The van der Waals surface area contributed by atoms with Crippen molar-refractivity contribution in [3.8, 4) is 11.5 Å². The molecule has 0 unspecified atom stereocenters. The summed E-state index contributed by atoms with van der Waals surface area (Å²) in [7, 11) is 0. The number of esters is 1. The lowest BCUT2D eigenvalue weighted by molar-refractivity contribution is -0.384. The number of thiocarbonyl (C=S) groups is 1. The van der Waals surface area contributed by atoms with Gasteiger partial charge in [0.25, 0.3) is 11.6 Å². The maximum Gasteiger partial charge on any atom is 0.338 e. The molecule has 0 fully saturated rings. The van der Waals surface area contributed by atoms with Gasteiger partial charge in [-0.15, -0.1) is 0 Å². The molecule has 1 aliphatic rings. The van der Waals surface area contributed by atoms with Crippen molar-refractivity contribution >= 4 is 68.6 Å². The Labute approximate surface area is 277 Å². The van der Waals surface area contributed by atoms with Crippen LogP contribution in [0, 0.1) is 10.1 Å². The fourth-order valence-electron chi connectivity index (χ4n) is 4.30. The number of nitro groups is 1. The standard InChI is InChI=1S/C30H27BrClN5O7S/c1-3-42-29(39)26-17(2)34-30(45)35-27(26)22-6-4-5-7-24(22)43-16-25(38)36-33-14-19-12-20(32)13-23(31)28(19)44-15-18-8-10-21(11-9-18)37(40)41/h4-14,27H,3,15-16H2,1-2H3,(H,36,38)(H2,34,35,45)/t27-/m0/s1. The lowest BCUT2D eigenvalue weighted by Gasteiger charge is -2.30. The van der Waals surface area contributed by atoms with E-state index in [1.807, 2.05) is 0 Å². The number of nitro benzene ring substituents is 1. The van der Waals surface area contributed by atoms with Gasteiger partial charge in [-0.05, 0) is 77.9 Å². The molecule has 0 spiro atoms. The Bertz CT molecular complexity index is 1680. The smallest absolute Gasteiger partial charge is 0.338 e. The number of benzene rings is 3. The molecule has 0 radical (unpaired) electrons. The Morgan fingerprint density at radius 3 is 2.62 bits per heavy atom. The molecule has 3 N–H and O–H groups in total. The first-order valence-electron chi connectivity index (χ1n) is 13.4. The molecule has 3 aromatic carbocycles. The van der Waals surface area contributed by atoms with Gasteiger partial charge >= 0.3 is 5.97 Å². The van der Waals surface area contributed by atoms with E-state index in [1.165, 1.54) is 18.3 Å². The molecule has 234 valence electrons. The molecule has 0 saturated heterocycles. The minimum absolute atomic E-state index is 0.0251. The van der Waals surface area contributed by atoms with Crippen molar-refractivity contribution in [3.63, 3.8) is 0 Å². The summed E-state index contributed by atoms with van der Waals surface area (Å²) >= 11 is 15.0. The van der Waals surface area contributed by atoms with E-state index in [0.29, 0.717) is 54.1 Å². The first-order chi connectivity index (χ1) is 21.6. The largest absolute Gasteiger partial charge is 0.487 e. The number of allylic oxidation sites excluding steroid dienone is 1. The molecule has 12 nitrogen and oxygen atoms in total. The van der Waals surface area contributed by atoms with Gasteiger partial charge in [0.05, 0.1) is 33.8 Å². The van der Waals surface area contributed by atoms with Crippen molar-refractivity contribution in [1.82, 2.24) is 16.1 Å². The van der Waals surface area contributed by atoms with E-state index in [9.17, 15) is 19.7 Å². The predicted octanol–water partition coefficient (Wildman–Crippen LogP) is 5.47. The topological polar surface area (TPSA) is 153 Å². The quantitative estimate of drug-likeness (QED) is 0.0723. The van der Waals surface area contributed by atoms with Crippen LogP contribution in [0.5, 0.6) is 11.5 Å². The highest BCUT2D eigenvalue weighted by Gasteiger charge is 2.32. The molecule has 0 saturated carbocycles. The number of carbonyl (C=O) groups is 2. The molecule has 1 aliphatic heterocycles. The van der Waals surface area contributed by atoms with Gasteiger partial charge in [-0.3, -0.25) is 14.9 Å². The zero-order valence-corrected chi connectivity index (χ0v) is 27.1. The zero-order chi connectivity index (χ0) is 32.5. The van der Waals surface area contributed by atoms with Crippen molar-refractivity contribution < 1.29 is 28.7 Å². The van der Waals surface area contributed by atoms with Crippen LogP contribution in [0.15, 0.2) is 81.5 Å². The summed E-state index contributed by atoms with van der Waals surface area (Å²) in [6, 6.07) is 15.5. The molecule has 1 heterocycles. The summed E-state index contributed by atoms with van der Waals surface area (Å²) in [5.41, 5.74) is 5.03. The summed E-state index contributed by atoms with van der Waals surface area (Å²) < 4.78 is 17.6. The van der Waals surface area contributed by atoms with Gasteiger partial charge in [-0.1, -0.05) is 29.8 Å². The van der Waals surface area contributed by atoms with Gasteiger partial charge in [0.2, 0.25) is 0 Å². The number of hydrogen-bond acceptors (Lipinski definition) is 9. The van der Waals surface area contributed by atoms with Crippen LogP contribution < -0.4 is 25.5 Å². The van der Waals surface area contributed by atoms with E-state index in [1.54, 1.807) is 62.4 Å². The Kier molecular flexibility index (Phi) is 11.5. The number of rotatable bonds is 12. The van der Waals surface area contributed by atoms with Crippen molar-refractivity contribution in [2.75, 3.05) is 13.2 Å². The van der Waals surface area contributed by atoms with Crippen LogP contribution in [0.4, 0.5) is 5.69 Å². The summed E-state index contributed by atoms with van der Waals surface area (Å²) in [4.78, 5) is 35.9. The van der Waals surface area contributed by atoms with Gasteiger partial charge in [0.1, 0.15) is 18.1 Å². The molecular weight excluding hydrogens is 690 g/mol. The van der Waals surface area contributed by atoms with Crippen LogP contribution in [0.1, 0.15) is 36.6 Å². The molecule has 4 rings (SSSR count). The van der Waals surface area contributed by atoms with Gasteiger partial charge in [0, 0.05) is 34.0 Å². The number of non-ortho nitro benzene ring substituents is 1. The number of halogens is 2. The van der Waals surface area contributed by atoms with Crippen LogP contribution in [-0.4, -0.2) is 41.3 Å². The van der Waals surface area contributed by atoms with E-state index in [2.05, 4.69) is 37.1 Å². The third-order valence-corrected chi connectivity index (χ3v) is 7.34. The summed E-state index contributed by atoms with van der Waals surface area (Å²) in [5.74, 6) is -0.307. The summed E-state index contributed by atoms with van der Waals surface area (Å²) in [6.07, 6.45) is 1.37. The highest BCUT2D eigenvalue weighted by atomic mass is 79.9. The molecule has 0 aliphatic carbocycles. The number of ether oxygens (including phenoxy) is 3. The number of hydrazone groups is 1. The van der Waals surface area contributed by atoms with E-state index in [0.717, 1.165) is 0 Å². The second-order valence-corrected chi connectivity index (χ2v) is 11.1. The van der Waals surface area contributed by atoms with E-state index in [4.69, 9.17) is 38.0 Å². The average molecular weight is 717 g/mol. The number of hydrogen-bond donors (Lipinski definition) is 3. The molecule has 15 heteroatoms. The SMILES string of the molecule is CCOC(=O)C1=C(C)NC(=S)N[C@H]1c1ccccc1OCC(=O)NN=Cc1cc(Cl)cc(Br)c1OCc1ccc([N+](=O)[O-])cc1. The molecule has 45 heavy (non-hydrogen) atoms. The molecule has 3 aromatic rings. The van der Waals surface area contributed by atoms with Crippen LogP contribution in [-0.2, 0) is 20.9 Å². The van der Waals surface area contributed by atoms with Crippen LogP contribution >= 0.6 is 39.7 Å². The lowest BCUT2D eigenvalue weighted by atomic mass is 9.95.